The second-order valence-electron chi connectivity index (χ2n) is 8.50. The highest BCUT2D eigenvalue weighted by Crippen LogP contribution is 2.40. The largest absolute Gasteiger partial charge is 0.432 e. The van der Waals surface area contributed by atoms with Crippen LogP contribution in [0.4, 0.5) is 5.82 Å². The maximum Gasteiger partial charge on any atom is 0.229 e. The van der Waals surface area contributed by atoms with Gasteiger partial charge in [-0.25, -0.2) is 15.0 Å². The molecule has 0 aromatic carbocycles. The second-order valence-corrected chi connectivity index (χ2v) is 8.50. The number of rotatable bonds is 3. The van der Waals surface area contributed by atoms with E-state index in [9.17, 15) is 0 Å². The summed E-state index contributed by atoms with van der Waals surface area (Å²) in [5, 5.41) is 3.39. The van der Waals surface area contributed by atoms with Crippen molar-refractivity contribution in [2.45, 2.75) is 52.2 Å². The molecule has 0 bridgehead atoms. The van der Waals surface area contributed by atoms with Crippen LogP contribution < -0.4 is 10.2 Å². The molecular formula is C21H28N5O2+. The van der Waals surface area contributed by atoms with Crippen molar-refractivity contribution in [3.8, 4) is 0 Å². The van der Waals surface area contributed by atoms with E-state index in [1.165, 1.54) is 11.1 Å². The molecule has 0 unspecified atom stereocenters. The normalized spacial score (nSPS) is 19.3. The van der Waals surface area contributed by atoms with Crippen molar-refractivity contribution in [3.05, 3.63) is 23.1 Å². The average Bonchev–Trinajstić information content (AvgIpc) is 3.06. The van der Waals surface area contributed by atoms with Gasteiger partial charge in [0.25, 0.3) is 0 Å². The molecule has 2 aliphatic heterocycles. The van der Waals surface area contributed by atoms with E-state index in [4.69, 9.17) is 14.1 Å². The summed E-state index contributed by atoms with van der Waals surface area (Å²) in [4.78, 5) is 16.4. The molecule has 7 heteroatoms. The SMILES string of the molecule is CCCc1nc2oc3c(N4CC[NH2+]CC4)ncnc3c2c2c1COC(C)(C)C2. The zero-order chi connectivity index (χ0) is 19.3. The van der Waals surface area contributed by atoms with Gasteiger partial charge in [-0.15, -0.1) is 0 Å². The van der Waals surface area contributed by atoms with Gasteiger partial charge in [0.2, 0.25) is 5.71 Å². The van der Waals surface area contributed by atoms with Gasteiger partial charge in [0.15, 0.2) is 11.4 Å². The van der Waals surface area contributed by atoms with Crippen molar-refractivity contribution in [1.29, 1.82) is 0 Å². The minimum atomic E-state index is -0.201. The Bertz CT molecular complexity index is 1040. The molecule has 0 aliphatic carbocycles. The van der Waals surface area contributed by atoms with Crippen LogP contribution in [0.1, 0.15) is 44.0 Å². The first kappa shape index (κ1) is 17.8. The van der Waals surface area contributed by atoms with Crippen molar-refractivity contribution in [2.75, 3.05) is 31.1 Å². The maximum atomic E-state index is 6.33. The highest BCUT2D eigenvalue weighted by molar-refractivity contribution is 6.06. The molecule has 0 radical (unpaired) electrons. The highest BCUT2D eigenvalue weighted by atomic mass is 16.5. The summed E-state index contributed by atoms with van der Waals surface area (Å²) in [6.07, 6.45) is 4.48. The van der Waals surface area contributed by atoms with Crippen LogP contribution >= 0.6 is 0 Å². The predicted octanol–water partition coefficient (Wildman–Crippen LogP) is 1.96. The summed E-state index contributed by atoms with van der Waals surface area (Å²) in [7, 11) is 0. The molecule has 7 nitrogen and oxygen atoms in total. The fourth-order valence-electron chi connectivity index (χ4n) is 4.49. The van der Waals surface area contributed by atoms with Gasteiger partial charge in [0.05, 0.1) is 49.5 Å². The molecule has 5 rings (SSSR count). The zero-order valence-corrected chi connectivity index (χ0v) is 16.9. The molecule has 2 aliphatic rings. The van der Waals surface area contributed by atoms with Gasteiger partial charge in [-0.3, -0.25) is 0 Å². The number of piperazine rings is 1. The molecule has 0 saturated carbocycles. The number of quaternary nitrogens is 1. The second kappa shape index (κ2) is 6.67. The van der Waals surface area contributed by atoms with Crippen LogP contribution in [0.25, 0.3) is 22.2 Å². The van der Waals surface area contributed by atoms with Gasteiger partial charge < -0.3 is 19.4 Å². The Balaban J connectivity index is 1.77. The van der Waals surface area contributed by atoms with E-state index in [0.717, 1.165) is 73.4 Å². The lowest BCUT2D eigenvalue weighted by molar-refractivity contribution is -0.655. The molecule has 0 amide bonds. The molecule has 1 saturated heterocycles. The number of hydrogen-bond acceptors (Lipinski definition) is 6. The number of aryl methyl sites for hydroxylation is 1. The summed E-state index contributed by atoms with van der Waals surface area (Å²) in [5.74, 6) is 0.896. The van der Waals surface area contributed by atoms with Crippen molar-refractivity contribution in [3.63, 3.8) is 0 Å². The first-order valence-corrected chi connectivity index (χ1v) is 10.4. The summed E-state index contributed by atoms with van der Waals surface area (Å²) in [6.45, 7) is 11.2. The first-order chi connectivity index (χ1) is 13.6. The molecule has 5 heterocycles. The number of nitrogens with zero attached hydrogens (tertiary/aromatic N) is 4. The Morgan fingerprint density at radius 2 is 2.00 bits per heavy atom. The number of ether oxygens (including phenoxy) is 1. The Morgan fingerprint density at radius 1 is 1.18 bits per heavy atom. The lowest BCUT2D eigenvalue weighted by Crippen LogP contribution is -2.89. The smallest absolute Gasteiger partial charge is 0.229 e. The van der Waals surface area contributed by atoms with E-state index in [1.807, 2.05) is 0 Å². The van der Waals surface area contributed by atoms with Crippen molar-refractivity contribution < 1.29 is 14.5 Å². The monoisotopic (exact) mass is 382 g/mol. The van der Waals surface area contributed by atoms with Crippen LogP contribution in [0.15, 0.2) is 10.7 Å². The van der Waals surface area contributed by atoms with E-state index in [1.54, 1.807) is 6.33 Å². The average molecular weight is 382 g/mol. The third-order valence-corrected chi connectivity index (χ3v) is 5.89. The lowest BCUT2D eigenvalue weighted by Gasteiger charge is -2.33. The highest BCUT2D eigenvalue weighted by Gasteiger charge is 2.32. The van der Waals surface area contributed by atoms with Crippen molar-refractivity contribution in [2.24, 2.45) is 0 Å². The zero-order valence-electron chi connectivity index (χ0n) is 16.9. The number of anilines is 1. The molecule has 28 heavy (non-hydrogen) atoms. The summed E-state index contributed by atoms with van der Waals surface area (Å²) in [5.41, 5.74) is 5.77. The Kier molecular flexibility index (Phi) is 4.25. The van der Waals surface area contributed by atoms with Gasteiger partial charge in [-0.05, 0) is 25.8 Å². The third kappa shape index (κ3) is 2.84. The van der Waals surface area contributed by atoms with E-state index in [-0.39, 0.29) is 5.60 Å². The summed E-state index contributed by atoms with van der Waals surface area (Å²) in [6, 6.07) is 0. The predicted molar refractivity (Wildman–Crippen MR) is 108 cm³/mol. The van der Waals surface area contributed by atoms with Crippen molar-refractivity contribution >= 4 is 28.0 Å². The van der Waals surface area contributed by atoms with Gasteiger partial charge in [-0.2, -0.15) is 0 Å². The van der Waals surface area contributed by atoms with Gasteiger partial charge in [-0.1, -0.05) is 13.3 Å². The number of nitrogens with two attached hydrogens (primary N) is 1. The number of furan rings is 1. The standard InChI is InChI=1S/C21H27N5O2/c1-4-5-15-14-11-27-21(2,3)10-13(14)16-17-18(28-20(16)25-15)19(24-12-23-17)26-8-6-22-7-9-26/h12,22H,4-11H2,1-3H3/p+1. The van der Waals surface area contributed by atoms with Crippen LogP contribution in [0.3, 0.4) is 0 Å². The minimum Gasteiger partial charge on any atom is -0.432 e. The van der Waals surface area contributed by atoms with Gasteiger partial charge in [0, 0.05) is 12.0 Å². The third-order valence-electron chi connectivity index (χ3n) is 5.89. The molecule has 0 spiro atoms. The topological polar surface area (TPSA) is 80.9 Å². The van der Waals surface area contributed by atoms with Crippen LogP contribution in [-0.4, -0.2) is 46.7 Å². The molecule has 0 atom stereocenters. The summed E-state index contributed by atoms with van der Waals surface area (Å²) < 4.78 is 12.4. The molecule has 2 N–H and O–H groups in total. The van der Waals surface area contributed by atoms with E-state index >= 15 is 0 Å². The summed E-state index contributed by atoms with van der Waals surface area (Å²) >= 11 is 0. The molecule has 148 valence electrons. The van der Waals surface area contributed by atoms with Crippen LogP contribution in [-0.2, 0) is 24.2 Å². The van der Waals surface area contributed by atoms with E-state index in [0.29, 0.717) is 12.3 Å². The molecule has 1 fully saturated rings. The Hall–Kier alpha value is -2.25. The van der Waals surface area contributed by atoms with Gasteiger partial charge >= 0.3 is 0 Å². The van der Waals surface area contributed by atoms with Crippen molar-refractivity contribution in [1.82, 2.24) is 15.0 Å². The molecular weight excluding hydrogens is 354 g/mol. The fraction of sp³-hybridized carbons (Fsp3) is 0.571. The lowest BCUT2D eigenvalue weighted by atomic mass is 9.88. The minimum absolute atomic E-state index is 0.201. The Labute approximate surface area is 164 Å². The number of aromatic nitrogens is 3. The van der Waals surface area contributed by atoms with Crippen LogP contribution in [0, 0.1) is 0 Å². The number of fused-ring (bicyclic) bond motifs is 5. The van der Waals surface area contributed by atoms with Gasteiger partial charge in [0.1, 0.15) is 11.8 Å². The molecule has 3 aromatic rings. The van der Waals surface area contributed by atoms with E-state index < -0.39 is 0 Å². The number of pyridine rings is 1. The Morgan fingerprint density at radius 3 is 2.79 bits per heavy atom. The molecule has 3 aromatic heterocycles. The van der Waals surface area contributed by atoms with Crippen LogP contribution in [0.2, 0.25) is 0 Å². The fourth-order valence-corrected chi connectivity index (χ4v) is 4.49. The first-order valence-electron chi connectivity index (χ1n) is 10.4. The van der Waals surface area contributed by atoms with E-state index in [2.05, 4.69) is 41.0 Å². The maximum absolute atomic E-state index is 6.33. The quantitative estimate of drug-likeness (QED) is 0.746. The van der Waals surface area contributed by atoms with Crippen LogP contribution in [0.5, 0.6) is 0 Å². The number of hydrogen-bond donors (Lipinski definition) is 1.